The molecular formula is C25H22N2O5S. The Morgan fingerprint density at radius 1 is 1.06 bits per heavy atom. The minimum absolute atomic E-state index is 0.0359. The van der Waals surface area contributed by atoms with Crippen molar-refractivity contribution in [2.24, 2.45) is 0 Å². The molecule has 1 saturated heterocycles. The van der Waals surface area contributed by atoms with Crippen LogP contribution in [0.2, 0.25) is 0 Å². The number of carbonyl (C=O) groups is 3. The molecule has 1 aromatic heterocycles. The number of Topliss-reactive ketones (excluding diaryl/α,β-unsaturated/α-hetero) is 2. The summed E-state index contributed by atoms with van der Waals surface area (Å²) >= 11 is 1.06. The third-order valence-corrected chi connectivity index (χ3v) is 6.77. The Bertz CT molecular complexity index is 1290. The minimum Gasteiger partial charge on any atom is -0.507 e. The fourth-order valence-corrected chi connectivity index (χ4v) is 4.80. The van der Waals surface area contributed by atoms with Crippen LogP contribution in [-0.4, -0.2) is 34.7 Å². The highest BCUT2D eigenvalue weighted by Gasteiger charge is 2.48. The number of carbonyl (C=O) groups excluding carboxylic acids is 3. The quantitative estimate of drug-likeness (QED) is 0.258. The van der Waals surface area contributed by atoms with Gasteiger partial charge in [0.1, 0.15) is 11.5 Å². The van der Waals surface area contributed by atoms with E-state index < -0.39 is 17.7 Å². The van der Waals surface area contributed by atoms with Crippen LogP contribution in [-0.2, 0) is 9.59 Å². The molecule has 1 aliphatic heterocycles. The predicted molar refractivity (Wildman–Crippen MR) is 126 cm³/mol. The number of anilines is 1. The lowest BCUT2D eigenvalue weighted by atomic mass is 9.95. The van der Waals surface area contributed by atoms with Crippen LogP contribution in [0.3, 0.4) is 0 Å². The summed E-state index contributed by atoms with van der Waals surface area (Å²) in [6.45, 7) is 5.05. The van der Waals surface area contributed by atoms with Crippen molar-refractivity contribution in [3.05, 3.63) is 81.4 Å². The molecule has 2 aromatic carbocycles. The van der Waals surface area contributed by atoms with Crippen LogP contribution in [0.5, 0.6) is 5.75 Å². The summed E-state index contributed by atoms with van der Waals surface area (Å²) in [6.07, 6.45) is 0. The number of aryl methyl sites for hydroxylation is 2. The molecule has 0 bridgehead atoms. The molecular weight excluding hydrogens is 440 g/mol. The largest absolute Gasteiger partial charge is 0.507 e. The van der Waals surface area contributed by atoms with Gasteiger partial charge in [-0.2, -0.15) is 0 Å². The van der Waals surface area contributed by atoms with Gasteiger partial charge < -0.3 is 9.84 Å². The monoisotopic (exact) mass is 462 g/mol. The summed E-state index contributed by atoms with van der Waals surface area (Å²) in [5.41, 5.74) is 2.49. The number of amides is 1. The van der Waals surface area contributed by atoms with Crippen molar-refractivity contribution in [3.8, 4) is 5.75 Å². The second-order valence-corrected chi connectivity index (χ2v) is 8.75. The second kappa shape index (κ2) is 8.63. The topological polar surface area (TPSA) is 96.8 Å². The number of nitrogens with zero attached hydrogens (tertiary/aromatic N) is 2. The average molecular weight is 463 g/mol. The van der Waals surface area contributed by atoms with Crippen molar-refractivity contribution >= 4 is 39.7 Å². The highest BCUT2D eigenvalue weighted by atomic mass is 32.1. The van der Waals surface area contributed by atoms with E-state index in [0.717, 1.165) is 16.9 Å². The van der Waals surface area contributed by atoms with Crippen LogP contribution in [0.15, 0.2) is 54.1 Å². The lowest BCUT2D eigenvalue weighted by Gasteiger charge is -2.23. The van der Waals surface area contributed by atoms with Gasteiger partial charge in [-0.1, -0.05) is 41.2 Å². The molecule has 1 unspecified atom stereocenters. The molecule has 1 N–H and O–H groups in total. The highest BCUT2D eigenvalue weighted by Crippen LogP contribution is 2.44. The van der Waals surface area contributed by atoms with E-state index in [1.165, 1.54) is 18.9 Å². The molecule has 33 heavy (non-hydrogen) atoms. The van der Waals surface area contributed by atoms with E-state index in [2.05, 4.69) is 4.98 Å². The number of thiazole rings is 1. The fourth-order valence-electron chi connectivity index (χ4n) is 3.81. The molecule has 1 fully saturated rings. The fraction of sp³-hybridized carbons (Fsp3) is 0.200. The van der Waals surface area contributed by atoms with Crippen LogP contribution in [0.1, 0.15) is 45.0 Å². The van der Waals surface area contributed by atoms with Crippen LogP contribution in [0, 0.1) is 13.8 Å². The summed E-state index contributed by atoms with van der Waals surface area (Å²) in [5.74, 6) is -1.48. The Kier molecular flexibility index (Phi) is 5.86. The zero-order chi connectivity index (χ0) is 23.9. The van der Waals surface area contributed by atoms with Crippen molar-refractivity contribution < 1.29 is 24.2 Å². The number of ketones is 2. The molecule has 7 nitrogen and oxygen atoms in total. The van der Waals surface area contributed by atoms with E-state index in [-0.39, 0.29) is 22.2 Å². The Labute approximate surface area is 195 Å². The highest BCUT2D eigenvalue weighted by molar-refractivity contribution is 7.18. The number of ether oxygens (including phenoxy) is 1. The predicted octanol–water partition coefficient (Wildman–Crippen LogP) is 4.60. The third-order valence-electron chi connectivity index (χ3n) is 5.51. The van der Waals surface area contributed by atoms with Crippen molar-refractivity contribution in [1.82, 2.24) is 4.98 Å². The SMILES string of the molecule is COc1ccc(/C(O)=C2\C(=O)C(=O)N(c3nc(C)c(C(C)=O)s3)C2c2ccc(C)cc2)cc1. The normalized spacial score (nSPS) is 17.5. The molecule has 1 atom stereocenters. The van der Waals surface area contributed by atoms with Crippen LogP contribution in [0.25, 0.3) is 5.76 Å². The first-order valence-electron chi connectivity index (χ1n) is 10.2. The Morgan fingerprint density at radius 3 is 2.24 bits per heavy atom. The standard InChI is InChI=1S/C25H22N2O5S/c1-13-5-7-16(8-6-13)20-19(21(29)17-9-11-18(32-4)12-10-17)22(30)24(31)27(20)25-26-14(2)23(33-25)15(3)28/h5-12,20,29H,1-4H3/b21-19+. The molecule has 3 aromatic rings. The van der Waals surface area contributed by atoms with Gasteiger partial charge in [-0.3, -0.25) is 19.3 Å². The molecule has 1 amide bonds. The molecule has 0 saturated carbocycles. The molecule has 0 radical (unpaired) electrons. The number of hydrogen-bond acceptors (Lipinski definition) is 7. The number of hydrogen-bond donors (Lipinski definition) is 1. The summed E-state index contributed by atoms with van der Waals surface area (Å²) in [7, 11) is 1.53. The number of benzene rings is 2. The van der Waals surface area contributed by atoms with Crippen LogP contribution >= 0.6 is 11.3 Å². The van der Waals surface area contributed by atoms with Crippen molar-refractivity contribution in [2.45, 2.75) is 26.8 Å². The van der Waals surface area contributed by atoms with Crippen molar-refractivity contribution in [3.63, 3.8) is 0 Å². The summed E-state index contributed by atoms with van der Waals surface area (Å²) in [6, 6.07) is 13.0. The molecule has 2 heterocycles. The van der Waals surface area contributed by atoms with E-state index in [0.29, 0.717) is 27.4 Å². The Hall–Kier alpha value is -3.78. The molecule has 168 valence electrons. The number of rotatable bonds is 5. The first-order chi connectivity index (χ1) is 15.7. The van der Waals surface area contributed by atoms with E-state index in [1.54, 1.807) is 31.2 Å². The van der Waals surface area contributed by atoms with E-state index >= 15 is 0 Å². The van der Waals surface area contributed by atoms with Gasteiger partial charge in [0.25, 0.3) is 5.78 Å². The maximum Gasteiger partial charge on any atom is 0.301 e. The lowest BCUT2D eigenvalue weighted by Crippen LogP contribution is -2.29. The number of aromatic nitrogens is 1. The van der Waals surface area contributed by atoms with Gasteiger partial charge in [-0.15, -0.1) is 0 Å². The first kappa shape index (κ1) is 22.4. The van der Waals surface area contributed by atoms with Crippen LogP contribution < -0.4 is 9.64 Å². The third kappa shape index (κ3) is 3.93. The number of aliphatic hydroxyl groups is 1. The molecule has 8 heteroatoms. The van der Waals surface area contributed by atoms with Gasteiger partial charge in [0.15, 0.2) is 10.9 Å². The van der Waals surface area contributed by atoms with Crippen LogP contribution in [0.4, 0.5) is 5.13 Å². The van der Waals surface area contributed by atoms with Gasteiger partial charge in [0.05, 0.1) is 29.3 Å². The average Bonchev–Trinajstić information content (AvgIpc) is 3.31. The maximum absolute atomic E-state index is 13.2. The molecule has 4 rings (SSSR count). The molecule has 1 aliphatic rings. The summed E-state index contributed by atoms with van der Waals surface area (Å²) < 4.78 is 5.16. The van der Waals surface area contributed by atoms with Gasteiger partial charge >= 0.3 is 5.91 Å². The zero-order valence-electron chi connectivity index (χ0n) is 18.6. The van der Waals surface area contributed by atoms with Gasteiger partial charge in [0, 0.05) is 12.5 Å². The molecule has 0 aliphatic carbocycles. The summed E-state index contributed by atoms with van der Waals surface area (Å²) in [4.78, 5) is 44.4. The van der Waals surface area contributed by atoms with E-state index in [9.17, 15) is 19.5 Å². The summed E-state index contributed by atoms with van der Waals surface area (Å²) in [5, 5.41) is 11.4. The van der Waals surface area contributed by atoms with Gasteiger partial charge in [-0.05, 0) is 43.7 Å². The number of methoxy groups -OCH3 is 1. The number of aliphatic hydroxyl groups excluding tert-OH is 1. The van der Waals surface area contributed by atoms with Crippen molar-refractivity contribution in [2.75, 3.05) is 12.0 Å². The second-order valence-electron chi connectivity index (χ2n) is 7.78. The van der Waals surface area contributed by atoms with E-state index in [1.807, 2.05) is 31.2 Å². The van der Waals surface area contributed by atoms with Crippen molar-refractivity contribution in [1.29, 1.82) is 0 Å². The Balaban J connectivity index is 1.92. The lowest BCUT2D eigenvalue weighted by molar-refractivity contribution is -0.132. The first-order valence-corrected chi connectivity index (χ1v) is 11.0. The zero-order valence-corrected chi connectivity index (χ0v) is 19.4. The minimum atomic E-state index is -0.891. The maximum atomic E-state index is 13.2. The Morgan fingerprint density at radius 2 is 1.70 bits per heavy atom. The van der Waals surface area contributed by atoms with Gasteiger partial charge in [-0.25, -0.2) is 4.98 Å². The van der Waals surface area contributed by atoms with E-state index in [4.69, 9.17) is 4.74 Å². The van der Waals surface area contributed by atoms with Gasteiger partial charge in [0.2, 0.25) is 0 Å². The smallest absolute Gasteiger partial charge is 0.301 e. The molecule has 0 spiro atoms.